The van der Waals surface area contributed by atoms with E-state index in [0.29, 0.717) is 0 Å². The van der Waals surface area contributed by atoms with Gasteiger partial charge in [-0.15, -0.1) is 0 Å². The fourth-order valence-corrected chi connectivity index (χ4v) is 1.96. The molecule has 0 fully saturated rings. The van der Waals surface area contributed by atoms with Crippen LogP contribution in [0.2, 0.25) is 0 Å². The molecular weight excluding hydrogens is 435 g/mol. The number of ether oxygens (including phenoxy) is 5. The number of esters is 2. The fraction of sp³-hybridized carbons (Fsp3) is 0.579. The van der Waals surface area contributed by atoms with Crippen molar-refractivity contribution >= 4 is 11.9 Å². The zero-order valence-electron chi connectivity index (χ0n) is 17.2. The molecule has 0 aliphatic carbocycles. The quantitative estimate of drug-likeness (QED) is 0.119. The lowest BCUT2D eigenvalue weighted by atomic mass is 10.2. The number of hydrogen-bond donors (Lipinski definition) is 0. The van der Waals surface area contributed by atoms with Crippen molar-refractivity contribution in [2.45, 2.75) is 32.8 Å². The van der Waals surface area contributed by atoms with E-state index in [1.165, 1.54) is 0 Å². The van der Waals surface area contributed by atoms with Crippen LogP contribution in [0, 0.1) is 29.1 Å². The van der Waals surface area contributed by atoms with Gasteiger partial charge >= 0.3 is 11.9 Å². The van der Waals surface area contributed by atoms with Gasteiger partial charge in [0.05, 0.1) is 39.5 Å². The van der Waals surface area contributed by atoms with Crippen LogP contribution in [0.25, 0.3) is 0 Å². The normalized spacial score (nSPS) is 11.5. The first-order valence-electron chi connectivity index (χ1n) is 9.11. The molecular formula is C19H23F5O7. The van der Waals surface area contributed by atoms with Gasteiger partial charge in [-0.2, -0.15) is 8.78 Å². The fourth-order valence-electron chi connectivity index (χ4n) is 1.96. The Hall–Kier alpha value is -2.31. The van der Waals surface area contributed by atoms with E-state index in [2.05, 4.69) is 4.74 Å². The van der Waals surface area contributed by atoms with Crippen molar-refractivity contribution in [3.05, 3.63) is 29.1 Å². The summed E-state index contributed by atoms with van der Waals surface area (Å²) in [5, 5.41) is 0. The minimum atomic E-state index is -2.35. The van der Waals surface area contributed by atoms with Crippen molar-refractivity contribution in [2.75, 3.05) is 39.6 Å². The van der Waals surface area contributed by atoms with Gasteiger partial charge < -0.3 is 23.7 Å². The van der Waals surface area contributed by atoms with E-state index in [-0.39, 0.29) is 39.6 Å². The monoisotopic (exact) mass is 458 g/mol. The van der Waals surface area contributed by atoms with Crippen molar-refractivity contribution < 1.29 is 55.2 Å². The van der Waals surface area contributed by atoms with Crippen LogP contribution in [0.1, 0.15) is 27.2 Å². The molecule has 0 bridgehead atoms. The van der Waals surface area contributed by atoms with Crippen LogP contribution in [0.4, 0.5) is 22.0 Å². The summed E-state index contributed by atoms with van der Waals surface area (Å²) in [6, 6.07) is 0. The third-order valence-corrected chi connectivity index (χ3v) is 3.22. The smallest absolute Gasteiger partial charge is 0.332 e. The van der Waals surface area contributed by atoms with Gasteiger partial charge in [-0.3, -0.25) is 4.79 Å². The summed E-state index contributed by atoms with van der Waals surface area (Å²) in [6.07, 6.45) is -0.501. The van der Waals surface area contributed by atoms with Gasteiger partial charge in [0.2, 0.25) is 34.8 Å². The molecule has 31 heavy (non-hydrogen) atoms. The summed E-state index contributed by atoms with van der Waals surface area (Å²) in [6.45, 7) is 5.17. The van der Waals surface area contributed by atoms with E-state index in [9.17, 15) is 31.5 Å². The molecule has 0 atom stereocenters. The van der Waals surface area contributed by atoms with Crippen LogP contribution in [0.5, 0.6) is 5.75 Å². The molecule has 0 aliphatic heterocycles. The van der Waals surface area contributed by atoms with Gasteiger partial charge in [0, 0.05) is 0 Å². The van der Waals surface area contributed by atoms with Crippen LogP contribution in [-0.2, 0) is 28.5 Å². The third-order valence-electron chi connectivity index (χ3n) is 3.22. The number of hydrogen-bond acceptors (Lipinski definition) is 7. The molecule has 0 saturated heterocycles. The van der Waals surface area contributed by atoms with Gasteiger partial charge in [-0.1, -0.05) is 0 Å². The third kappa shape index (κ3) is 9.57. The summed E-state index contributed by atoms with van der Waals surface area (Å²) in [4.78, 5) is 22.9. The van der Waals surface area contributed by atoms with E-state index in [1.807, 2.05) is 0 Å². The van der Waals surface area contributed by atoms with Gasteiger partial charge in [0.15, 0.2) is 0 Å². The summed E-state index contributed by atoms with van der Waals surface area (Å²) < 4.78 is 90.3. The lowest BCUT2D eigenvalue weighted by Gasteiger charge is -2.19. The molecule has 0 heterocycles. The minimum Gasteiger partial charge on any atom is -0.458 e. The highest BCUT2D eigenvalue weighted by molar-refractivity contribution is 5.72. The highest BCUT2D eigenvalue weighted by Gasteiger charge is 2.28. The van der Waals surface area contributed by atoms with Crippen LogP contribution in [0.3, 0.4) is 0 Å². The Kier molecular flexibility index (Phi) is 10.8. The molecule has 0 saturated carbocycles. The van der Waals surface area contributed by atoms with Crippen LogP contribution in [-0.4, -0.2) is 57.2 Å². The molecule has 1 aromatic carbocycles. The molecule has 0 amide bonds. The maximum absolute atomic E-state index is 13.4. The van der Waals surface area contributed by atoms with Gasteiger partial charge in [-0.25, -0.2) is 18.0 Å². The molecule has 176 valence electrons. The maximum atomic E-state index is 13.4. The first kappa shape index (κ1) is 26.7. The number of benzene rings is 1. The molecule has 0 aliphatic rings. The van der Waals surface area contributed by atoms with Crippen LogP contribution in [0.15, 0.2) is 0 Å². The highest BCUT2D eigenvalue weighted by Crippen LogP contribution is 2.29. The Balaban J connectivity index is 2.15. The van der Waals surface area contributed by atoms with Gasteiger partial charge in [0.25, 0.3) is 0 Å². The van der Waals surface area contributed by atoms with Gasteiger partial charge in [-0.05, 0) is 20.8 Å². The van der Waals surface area contributed by atoms with Crippen molar-refractivity contribution in [3.63, 3.8) is 0 Å². The Labute approximate surface area is 175 Å². The Morgan fingerprint density at radius 1 is 0.677 bits per heavy atom. The summed E-state index contributed by atoms with van der Waals surface area (Å²) in [7, 11) is 0. The summed E-state index contributed by atoms with van der Waals surface area (Å²) >= 11 is 0. The van der Waals surface area contributed by atoms with E-state index in [0.717, 1.165) is 0 Å². The number of halogens is 5. The van der Waals surface area contributed by atoms with Crippen molar-refractivity contribution in [3.8, 4) is 5.75 Å². The lowest BCUT2D eigenvalue weighted by Crippen LogP contribution is -2.27. The molecule has 0 aromatic heterocycles. The predicted molar refractivity (Wildman–Crippen MR) is 94.8 cm³/mol. The zero-order valence-corrected chi connectivity index (χ0v) is 17.2. The summed E-state index contributed by atoms with van der Waals surface area (Å²) in [5.41, 5.74) is -0.603. The van der Waals surface area contributed by atoms with E-state index in [1.54, 1.807) is 20.8 Å². The zero-order chi connectivity index (χ0) is 23.6. The summed E-state index contributed by atoms with van der Waals surface area (Å²) in [5.74, 6) is -14.7. The topological polar surface area (TPSA) is 80.3 Å². The molecule has 1 rings (SSSR count). The molecule has 0 unspecified atom stereocenters. The SMILES string of the molecule is CC(C)(C)OC(=O)COCCOCCOCCC(=O)Oc1c(F)c(F)c(F)c(F)c1F. The molecule has 7 nitrogen and oxygen atoms in total. The predicted octanol–water partition coefficient (Wildman–Crippen LogP) is 3.07. The van der Waals surface area contributed by atoms with Crippen LogP contribution < -0.4 is 4.74 Å². The average molecular weight is 458 g/mol. The first-order chi connectivity index (χ1) is 14.4. The molecule has 1 aromatic rings. The lowest BCUT2D eigenvalue weighted by molar-refractivity contribution is -0.160. The molecule has 0 spiro atoms. The maximum Gasteiger partial charge on any atom is 0.332 e. The van der Waals surface area contributed by atoms with E-state index >= 15 is 0 Å². The van der Waals surface area contributed by atoms with Crippen LogP contribution >= 0.6 is 0 Å². The van der Waals surface area contributed by atoms with Crippen molar-refractivity contribution in [2.24, 2.45) is 0 Å². The average Bonchev–Trinajstić information content (AvgIpc) is 2.68. The Morgan fingerprint density at radius 3 is 1.65 bits per heavy atom. The Morgan fingerprint density at radius 2 is 1.13 bits per heavy atom. The van der Waals surface area contributed by atoms with E-state index in [4.69, 9.17) is 18.9 Å². The number of carbonyl (C=O) groups excluding carboxylic acids is 2. The largest absolute Gasteiger partial charge is 0.458 e. The second kappa shape index (κ2) is 12.5. The first-order valence-corrected chi connectivity index (χ1v) is 9.11. The number of rotatable bonds is 12. The second-order valence-electron chi connectivity index (χ2n) is 6.99. The van der Waals surface area contributed by atoms with E-state index < -0.39 is 58.8 Å². The van der Waals surface area contributed by atoms with Crippen molar-refractivity contribution in [1.29, 1.82) is 0 Å². The standard InChI is InChI=1S/C19H23F5O7/c1-19(2,3)31-12(26)10-29-9-8-28-7-6-27-5-4-11(25)30-18-16(23)14(21)13(20)15(22)17(18)24/h4-10H2,1-3H3. The molecule has 12 heteroatoms. The van der Waals surface area contributed by atoms with Crippen molar-refractivity contribution in [1.82, 2.24) is 0 Å². The molecule has 0 radical (unpaired) electrons. The Bertz CT molecular complexity index is 736. The van der Waals surface area contributed by atoms with Gasteiger partial charge in [0.1, 0.15) is 12.2 Å². The highest BCUT2D eigenvalue weighted by atomic mass is 19.2. The second-order valence-corrected chi connectivity index (χ2v) is 6.99. The molecule has 0 N–H and O–H groups in total. The minimum absolute atomic E-state index is 0.0435. The number of carbonyl (C=O) groups is 2.